The molecule has 1 aliphatic heterocycles. The number of carbonyl (C=O) groups excluding carboxylic acids is 2. The highest BCUT2D eigenvalue weighted by molar-refractivity contribution is 5.95. The first-order valence-corrected chi connectivity index (χ1v) is 13.1. The van der Waals surface area contributed by atoms with Crippen LogP contribution in [0.5, 0.6) is 0 Å². The fraction of sp³-hybridized carbons (Fsp3) is 0.310. The fourth-order valence-corrected chi connectivity index (χ4v) is 4.94. The van der Waals surface area contributed by atoms with Crippen molar-refractivity contribution in [3.8, 4) is 11.1 Å². The van der Waals surface area contributed by atoms with E-state index in [4.69, 9.17) is 4.98 Å². The van der Waals surface area contributed by atoms with Gasteiger partial charge in [-0.15, -0.1) is 5.10 Å². The molecule has 1 saturated carbocycles. The van der Waals surface area contributed by atoms with Crippen LogP contribution < -0.4 is 16.0 Å². The van der Waals surface area contributed by atoms with Gasteiger partial charge in [0.1, 0.15) is 0 Å². The first kappa shape index (κ1) is 24.1. The second-order valence-corrected chi connectivity index (χ2v) is 10.2. The normalized spacial score (nSPS) is 17.4. The van der Waals surface area contributed by atoms with E-state index in [9.17, 15) is 9.59 Å². The van der Waals surface area contributed by atoms with E-state index in [0.29, 0.717) is 17.6 Å². The summed E-state index contributed by atoms with van der Waals surface area (Å²) in [5, 5.41) is 13.9. The van der Waals surface area contributed by atoms with Crippen LogP contribution in [0, 0.1) is 0 Å². The summed E-state index contributed by atoms with van der Waals surface area (Å²) in [5.41, 5.74) is 5.54. The van der Waals surface area contributed by atoms with E-state index >= 15 is 0 Å². The second kappa shape index (κ2) is 10.3. The smallest absolute Gasteiger partial charge is 0.251 e. The highest BCUT2D eigenvalue weighted by atomic mass is 16.2. The number of anilines is 2. The maximum Gasteiger partial charge on any atom is 0.251 e. The van der Waals surface area contributed by atoms with Crippen LogP contribution in [0.1, 0.15) is 42.1 Å². The Morgan fingerprint density at radius 1 is 0.947 bits per heavy atom. The number of carbonyl (C=O) groups is 2. The standard InChI is InChI=1S/C29H31N7O2/c1-19(37)30-25-14-16-35(18-25)17-20-4-6-21(7-5-20)26-3-2-15-36-27(26)33-29(34-36)32-24-10-8-22(9-11-24)28(38)31-23-12-13-23/h2-11,15,23,25H,12-14,16-18H2,1H3,(H,30,37)(H,31,38)(H,32,34). The molecule has 38 heavy (non-hydrogen) atoms. The number of rotatable bonds is 8. The molecule has 3 heterocycles. The van der Waals surface area contributed by atoms with Gasteiger partial charge in [0.25, 0.3) is 5.91 Å². The Hall–Kier alpha value is -4.24. The molecule has 194 valence electrons. The van der Waals surface area contributed by atoms with Crippen LogP contribution in [0.2, 0.25) is 0 Å². The molecule has 9 heteroatoms. The predicted octanol–water partition coefficient (Wildman–Crippen LogP) is 3.74. The molecule has 0 radical (unpaired) electrons. The Kier molecular flexibility index (Phi) is 6.51. The van der Waals surface area contributed by atoms with E-state index in [1.165, 1.54) is 5.56 Å². The lowest BCUT2D eigenvalue weighted by atomic mass is 10.0. The minimum absolute atomic E-state index is 0.0322. The first-order chi connectivity index (χ1) is 18.5. The van der Waals surface area contributed by atoms with Crippen LogP contribution in [0.15, 0.2) is 66.9 Å². The molecule has 0 bridgehead atoms. The van der Waals surface area contributed by atoms with Crippen LogP contribution in [0.25, 0.3) is 16.8 Å². The zero-order valence-corrected chi connectivity index (χ0v) is 21.4. The van der Waals surface area contributed by atoms with Gasteiger partial charge in [0.05, 0.1) is 0 Å². The first-order valence-electron chi connectivity index (χ1n) is 13.1. The maximum atomic E-state index is 12.2. The number of benzene rings is 2. The number of pyridine rings is 1. The summed E-state index contributed by atoms with van der Waals surface area (Å²) in [6.45, 7) is 4.30. The minimum Gasteiger partial charge on any atom is -0.352 e. The van der Waals surface area contributed by atoms with Gasteiger partial charge in [-0.25, -0.2) is 4.52 Å². The van der Waals surface area contributed by atoms with E-state index < -0.39 is 0 Å². The minimum atomic E-state index is -0.0322. The molecule has 9 nitrogen and oxygen atoms in total. The number of likely N-dealkylation sites (tertiary alicyclic amines) is 1. The molecule has 1 unspecified atom stereocenters. The summed E-state index contributed by atoms with van der Waals surface area (Å²) in [4.78, 5) is 30.7. The Balaban J connectivity index is 1.13. The molecule has 2 amide bonds. The van der Waals surface area contributed by atoms with Crippen molar-refractivity contribution in [3.05, 3.63) is 78.0 Å². The lowest BCUT2D eigenvalue weighted by Gasteiger charge is -2.16. The van der Waals surface area contributed by atoms with Crippen molar-refractivity contribution >= 4 is 29.1 Å². The summed E-state index contributed by atoms with van der Waals surface area (Å²) < 4.78 is 1.77. The van der Waals surface area contributed by atoms with Crippen LogP contribution in [0.3, 0.4) is 0 Å². The van der Waals surface area contributed by atoms with Gasteiger partial charge >= 0.3 is 0 Å². The third kappa shape index (κ3) is 5.52. The summed E-state index contributed by atoms with van der Waals surface area (Å²) in [7, 11) is 0. The maximum absolute atomic E-state index is 12.2. The molecule has 3 N–H and O–H groups in total. The van der Waals surface area contributed by atoms with Crippen molar-refractivity contribution in [2.24, 2.45) is 0 Å². The topological polar surface area (TPSA) is 104 Å². The molecule has 1 saturated heterocycles. The number of fused-ring (bicyclic) bond motifs is 1. The third-order valence-electron chi connectivity index (χ3n) is 7.03. The van der Waals surface area contributed by atoms with Crippen molar-refractivity contribution in [3.63, 3.8) is 0 Å². The molecule has 4 aromatic rings. The third-order valence-corrected chi connectivity index (χ3v) is 7.03. The van der Waals surface area contributed by atoms with Crippen molar-refractivity contribution in [2.75, 3.05) is 18.4 Å². The molecular formula is C29H31N7O2. The zero-order chi connectivity index (χ0) is 26.1. The number of nitrogens with zero attached hydrogens (tertiary/aromatic N) is 4. The number of hydrogen-bond acceptors (Lipinski definition) is 6. The Labute approximate surface area is 221 Å². The lowest BCUT2D eigenvalue weighted by Crippen LogP contribution is -2.35. The lowest BCUT2D eigenvalue weighted by molar-refractivity contribution is -0.119. The number of aromatic nitrogens is 3. The second-order valence-electron chi connectivity index (χ2n) is 10.2. The molecule has 1 aliphatic carbocycles. The van der Waals surface area contributed by atoms with Gasteiger partial charge < -0.3 is 16.0 Å². The molecule has 0 spiro atoms. The summed E-state index contributed by atoms with van der Waals surface area (Å²) >= 11 is 0. The van der Waals surface area contributed by atoms with Gasteiger partial charge in [-0.05, 0) is 66.8 Å². The Morgan fingerprint density at radius 2 is 1.74 bits per heavy atom. The SMILES string of the molecule is CC(=O)NC1CCN(Cc2ccc(-c3cccn4nc(Nc5ccc(C(=O)NC6CC6)cc5)nc34)cc2)C1. The summed E-state index contributed by atoms with van der Waals surface area (Å²) in [5.74, 6) is 0.496. The van der Waals surface area contributed by atoms with Crippen molar-refractivity contribution < 1.29 is 9.59 Å². The summed E-state index contributed by atoms with van der Waals surface area (Å²) in [6.07, 6.45) is 5.01. The Morgan fingerprint density at radius 3 is 2.47 bits per heavy atom. The number of hydrogen-bond donors (Lipinski definition) is 3. The summed E-state index contributed by atoms with van der Waals surface area (Å²) in [6, 6.07) is 20.5. The molecular weight excluding hydrogens is 478 g/mol. The average molecular weight is 510 g/mol. The molecule has 2 aromatic carbocycles. The highest BCUT2D eigenvalue weighted by Crippen LogP contribution is 2.26. The number of nitrogens with one attached hydrogen (secondary N) is 3. The van der Waals surface area contributed by atoms with Crippen LogP contribution >= 0.6 is 0 Å². The quantitative estimate of drug-likeness (QED) is 0.334. The zero-order valence-electron chi connectivity index (χ0n) is 21.4. The molecule has 2 fully saturated rings. The Bertz CT molecular complexity index is 1460. The predicted molar refractivity (Wildman–Crippen MR) is 146 cm³/mol. The van der Waals surface area contributed by atoms with Crippen molar-refractivity contribution in [2.45, 2.75) is 44.8 Å². The van der Waals surface area contributed by atoms with E-state index in [-0.39, 0.29) is 17.9 Å². The van der Waals surface area contributed by atoms with Crippen LogP contribution in [-0.2, 0) is 11.3 Å². The van der Waals surface area contributed by atoms with Gasteiger partial charge in [0.15, 0.2) is 5.65 Å². The van der Waals surface area contributed by atoms with E-state index in [1.807, 2.05) is 36.5 Å². The van der Waals surface area contributed by atoms with Gasteiger partial charge in [-0.2, -0.15) is 4.98 Å². The van der Waals surface area contributed by atoms with Gasteiger partial charge in [0, 0.05) is 61.7 Å². The van der Waals surface area contributed by atoms with Crippen molar-refractivity contribution in [1.82, 2.24) is 30.1 Å². The van der Waals surface area contributed by atoms with Crippen molar-refractivity contribution in [1.29, 1.82) is 0 Å². The molecule has 6 rings (SSSR count). The number of amides is 2. The molecule has 2 aliphatic rings. The molecule has 1 atom stereocenters. The highest BCUT2D eigenvalue weighted by Gasteiger charge is 2.24. The van der Waals surface area contributed by atoms with E-state index in [1.54, 1.807) is 11.4 Å². The monoisotopic (exact) mass is 509 g/mol. The average Bonchev–Trinajstić information content (AvgIpc) is 3.46. The van der Waals surface area contributed by atoms with Crippen LogP contribution in [0.4, 0.5) is 11.6 Å². The van der Waals surface area contributed by atoms with E-state index in [2.05, 4.69) is 56.3 Å². The van der Waals surface area contributed by atoms with Crippen LogP contribution in [-0.4, -0.2) is 56.5 Å². The largest absolute Gasteiger partial charge is 0.352 e. The van der Waals surface area contributed by atoms with E-state index in [0.717, 1.165) is 61.4 Å². The van der Waals surface area contributed by atoms with Gasteiger partial charge in [-0.1, -0.05) is 24.3 Å². The van der Waals surface area contributed by atoms with Gasteiger partial charge in [-0.3, -0.25) is 14.5 Å². The van der Waals surface area contributed by atoms with Gasteiger partial charge in [0.2, 0.25) is 11.9 Å². The fourth-order valence-electron chi connectivity index (χ4n) is 4.94. The molecule has 2 aromatic heterocycles.